The second kappa shape index (κ2) is 13.3. The van der Waals surface area contributed by atoms with Crippen LogP contribution in [0.4, 0.5) is 0 Å². The van der Waals surface area contributed by atoms with Crippen molar-refractivity contribution in [3.63, 3.8) is 0 Å². The summed E-state index contributed by atoms with van der Waals surface area (Å²) >= 11 is 0. The molecule has 0 amide bonds. The van der Waals surface area contributed by atoms with E-state index in [9.17, 15) is 18.0 Å². The molecular weight excluding hydrogens is 535 g/mol. The van der Waals surface area contributed by atoms with Crippen LogP contribution in [0.15, 0.2) is 114 Å². The summed E-state index contributed by atoms with van der Waals surface area (Å²) in [5, 5.41) is 4.47. The molecule has 0 heterocycles. The van der Waals surface area contributed by atoms with E-state index in [0.29, 0.717) is 0 Å². The summed E-state index contributed by atoms with van der Waals surface area (Å²) in [5.41, 5.74) is -0.374. The predicted molar refractivity (Wildman–Crippen MR) is 156 cm³/mol. The van der Waals surface area contributed by atoms with Crippen molar-refractivity contribution in [3.05, 3.63) is 120 Å². The molecule has 0 saturated heterocycles. The maximum atomic E-state index is 11.3. The van der Waals surface area contributed by atoms with Crippen molar-refractivity contribution in [1.29, 1.82) is 0 Å². The van der Waals surface area contributed by atoms with Crippen molar-refractivity contribution in [3.8, 4) is 0 Å². The van der Waals surface area contributed by atoms with Gasteiger partial charge >= 0.3 is 139 Å². The molecule has 0 radical (unpaired) electrons. The molecule has 0 aliphatic heterocycles. The molecule has 4 aromatic carbocycles. The molecule has 0 saturated carbocycles. The minimum Gasteiger partial charge on any atom is -0.465 e. The molecule has 0 aliphatic rings. The third kappa shape index (κ3) is 6.98. The fourth-order valence-electron chi connectivity index (χ4n) is 4.50. The summed E-state index contributed by atoms with van der Waals surface area (Å²) in [6, 6.07) is 36.0. The molecule has 4 rings (SSSR count). The SMILES string of the molecule is CC[PH](c1ccccc1)(c1ccccc1)c1ccccc1.COC(=O)c1cc(C(=O)OC)cc(S(=O)(=O)O)c1. The number of hydrogen-bond donors (Lipinski definition) is 1. The Morgan fingerprint density at radius 1 is 0.667 bits per heavy atom. The van der Waals surface area contributed by atoms with Crippen LogP contribution in [-0.2, 0) is 19.6 Å². The van der Waals surface area contributed by atoms with Gasteiger partial charge in [0.15, 0.2) is 0 Å². The summed E-state index contributed by atoms with van der Waals surface area (Å²) in [6.45, 7) is 2.33. The Morgan fingerprint density at radius 3 is 1.26 bits per heavy atom. The second-order valence-corrected chi connectivity index (χ2v) is 14.2. The van der Waals surface area contributed by atoms with Crippen LogP contribution in [-0.4, -0.2) is 45.3 Å². The number of rotatable bonds is 7. The third-order valence-electron chi connectivity index (χ3n) is 6.38. The first-order chi connectivity index (χ1) is 18.7. The predicted octanol–water partition coefficient (Wildman–Crippen LogP) is 4.24. The van der Waals surface area contributed by atoms with Crippen LogP contribution in [0, 0.1) is 0 Å². The summed E-state index contributed by atoms with van der Waals surface area (Å²) < 4.78 is 39.7. The molecule has 4 aromatic rings. The number of methoxy groups -OCH3 is 2. The zero-order valence-corrected chi connectivity index (χ0v) is 23.7. The van der Waals surface area contributed by atoms with Gasteiger partial charge in [0.05, 0.1) is 30.2 Å². The monoisotopic (exact) mass is 566 g/mol. The van der Waals surface area contributed by atoms with Gasteiger partial charge in [-0.15, -0.1) is 0 Å². The van der Waals surface area contributed by atoms with Gasteiger partial charge in [0.25, 0.3) is 10.1 Å². The molecular formula is C30H31O7PS. The van der Waals surface area contributed by atoms with Gasteiger partial charge < -0.3 is 9.47 Å². The van der Waals surface area contributed by atoms with E-state index in [1.165, 1.54) is 22.1 Å². The Morgan fingerprint density at radius 2 is 1.00 bits per heavy atom. The Hall–Kier alpha value is -3.84. The standard InChI is InChI=1S/C20H21P.C10H10O7S/c1-2-21(18-12-6-3-7-13-18,19-14-8-4-9-15-19)20-16-10-5-11-17-20;1-16-9(11)6-3-7(10(12)17-2)5-8(4-6)18(13,14)15/h3-17,21H,2H2,1H3;3-5H,1-2H3,(H,13,14,15). The average molecular weight is 567 g/mol. The first-order valence-corrected chi connectivity index (χ1v) is 15.8. The zero-order chi connectivity index (χ0) is 28.5. The normalized spacial score (nSPS) is 11.5. The van der Waals surface area contributed by atoms with Crippen molar-refractivity contribution in [1.82, 2.24) is 0 Å². The van der Waals surface area contributed by atoms with Crippen molar-refractivity contribution >= 4 is 45.2 Å². The maximum absolute atomic E-state index is 11.3. The van der Waals surface area contributed by atoms with Crippen LogP contribution in [0.5, 0.6) is 0 Å². The number of ether oxygens (including phenoxy) is 2. The van der Waals surface area contributed by atoms with Crippen LogP contribution in [0.25, 0.3) is 0 Å². The van der Waals surface area contributed by atoms with Gasteiger partial charge in [0.2, 0.25) is 0 Å². The molecule has 1 N–H and O–H groups in total. The van der Waals surface area contributed by atoms with Crippen molar-refractivity contribution in [2.75, 3.05) is 20.4 Å². The van der Waals surface area contributed by atoms with E-state index in [1.807, 2.05) is 0 Å². The first kappa shape index (κ1) is 29.7. The molecule has 0 aromatic heterocycles. The van der Waals surface area contributed by atoms with Crippen LogP contribution in [0.1, 0.15) is 27.6 Å². The summed E-state index contributed by atoms with van der Waals surface area (Å²) in [7, 11) is -4.25. The number of hydrogen-bond acceptors (Lipinski definition) is 6. The fourth-order valence-corrected chi connectivity index (χ4v) is 9.56. The second-order valence-electron chi connectivity index (χ2n) is 8.56. The van der Waals surface area contributed by atoms with Gasteiger partial charge in [0, 0.05) is 0 Å². The van der Waals surface area contributed by atoms with Gasteiger partial charge in [0.1, 0.15) is 0 Å². The van der Waals surface area contributed by atoms with E-state index in [2.05, 4.69) is 107 Å². The van der Waals surface area contributed by atoms with Crippen LogP contribution < -0.4 is 15.9 Å². The minimum atomic E-state index is -4.55. The molecule has 0 unspecified atom stereocenters. The average Bonchev–Trinajstić information content (AvgIpc) is 2.98. The van der Waals surface area contributed by atoms with Gasteiger partial charge in [-0.3, -0.25) is 4.55 Å². The summed E-state index contributed by atoms with van der Waals surface area (Å²) in [6.07, 6.45) is 1.17. The van der Waals surface area contributed by atoms with E-state index >= 15 is 0 Å². The maximum Gasteiger partial charge on any atom is 0.337 e. The molecule has 0 atom stereocenters. The molecule has 204 valence electrons. The fraction of sp³-hybridized carbons (Fsp3) is 0.133. The van der Waals surface area contributed by atoms with Crippen LogP contribution in [0.2, 0.25) is 0 Å². The van der Waals surface area contributed by atoms with Gasteiger partial charge in [-0.2, -0.15) is 8.42 Å². The third-order valence-corrected chi connectivity index (χ3v) is 12.2. The Bertz CT molecular complexity index is 1380. The van der Waals surface area contributed by atoms with Crippen LogP contribution in [0.3, 0.4) is 0 Å². The molecule has 0 bridgehead atoms. The topological polar surface area (TPSA) is 107 Å². The molecule has 39 heavy (non-hydrogen) atoms. The molecule has 0 spiro atoms. The van der Waals surface area contributed by atoms with E-state index in [0.717, 1.165) is 32.4 Å². The van der Waals surface area contributed by atoms with E-state index in [4.69, 9.17) is 4.55 Å². The number of benzene rings is 4. The summed E-state index contributed by atoms with van der Waals surface area (Å²) in [5.74, 6) is -1.68. The Kier molecular flexibility index (Phi) is 10.1. The van der Waals surface area contributed by atoms with Crippen molar-refractivity contribution in [2.45, 2.75) is 11.8 Å². The van der Waals surface area contributed by atoms with Crippen molar-refractivity contribution in [2.24, 2.45) is 0 Å². The van der Waals surface area contributed by atoms with E-state index in [1.54, 1.807) is 0 Å². The number of esters is 2. The van der Waals surface area contributed by atoms with E-state index in [-0.39, 0.29) is 11.1 Å². The van der Waals surface area contributed by atoms with Crippen LogP contribution >= 0.6 is 7.26 Å². The number of carbonyl (C=O) groups is 2. The largest absolute Gasteiger partial charge is 0.465 e. The molecule has 7 nitrogen and oxygen atoms in total. The molecule has 9 heteroatoms. The molecule has 0 fully saturated rings. The van der Waals surface area contributed by atoms with Crippen molar-refractivity contribution < 1.29 is 32.0 Å². The first-order valence-electron chi connectivity index (χ1n) is 12.1. The Labute approximate surface area is 229 Å². The van der Waals surface area contributed by atoms with Gasteiger partial charge in [-0.1, -0.05) is 0 Å². The number of carbonyl (C=O) groups excluding carboxylic acids is 2. The quantitative estimate of drug-likeness (QED) is 0.203. The Balaban J connectivity index is 0.000000219. The van der Waals surface area contributed by atoms with E-state index < -0.39 is 34.2 Å². The summed E-state index contributed by atoms with van der Waals surface area (Å²) in [4.78, 5) is 22.0. The smallest absolute Gasteiger partial charge is 0.337 e. The van der Waals surface area contributed by atoms with Gasteiger partial charge in [-0.25, -0.2) is 9.59 Å². The van der Waals surface area contributed by atoms with Gasteiger partial charge in [-0.05, 0) is 18.2 Å². The molecule has 0 aliphatic carbocycles. The zero-order valence-electron chi connectivity index (χ0n) is 21.9. The minimum absolute atomic E-state index is 0.187.